The van der Waals surface area contributed by atoms with Gasteiger partial charge in [-0.3, -0.25) is 91.1 Å². The molecule has 0 unspecified atom stereocenters. The van der Waals surface area contributed by atoms with E-state index in [-0.39, 0.29) is 36.2 Å². The molecule has 0 bridgehead atoms. The number of aliphatic carboxylic acids is 4. The van der Waals surface area contributed by atoms with E-state index in [2.05, 4.69) is 70.0 Å². The monoisotopic (exact) mass is 1670 g/mol. The van der Waals surface area contributed by atoms with Gasteiger partial charge in [0.15, 0.2) is 5.78 Å². The first-order valence-electron chi connectivity index (χ1n) is 37.0. The normalized spacial score (nSPS) is 20.6. The highest BCUT2D eigenvalue weighted by molar-refractivity contribution is 6.06. The second-order valence-corrected chi connectivity index (χ2v) is 27.5. The molecule has 4 aromatic carbocycles. The molecule has 0 spiro atoms. The van der Waals surface area contributed by atoms with Gasteiger partial charge in [-0.15, -0.1) is 0 Å². The van der Waals surface area contributed by atoms with Crippen LogP contribution in [0.25, 0.3) is 10.9 Å². The van der Waals surface area contributed by atoms with E-state index in [9.17, 15) is 121 Å². The number of aromatic amines is 1. The number of hydrogen-bond acceptors (Lipinski definition) is 24. The molecule has 0 radical (unpaired) electrons. The lowest BCUT2D eigenvalue weighted by Crippen LogP contribution is -2.62. The minimum atomic E-state index is -2.47. The fourth-order valence-electron chi connectivity index (χ4n) is 11.8. The van der Waals surface area contributed by atoms with Crippen molar-refractivity contribution in [3.05, 3.63) is 137 Å². The molecule has 1 fully saturated rings. The summed E-state index contributed by atoms with van der Waals surface area (Å²) in [5.74, 6) is -24.4. The Hall–Kier alpha value is -14.7. The number of ketones is 1. The highest BCUT2D eigenvalue weighted by atomic mass is 16.5. The molecule has 14 amide bonds. The number of fused-ring (bicyclic) bond motifs is 1. The van der Waals surface area contributed by atoms with Gasteiger partial charge in [0, 0.05) is 57.9 Å². The number of benzene rings is 4. The number of carboxylic acids is 4. The van der Waals surface area contributed by atoms with Crippen LogP contribution >= 0.6 is 0 Å². The van der Waals surface area contributed by atoms with Crippen LogP contribution in [0, 0.1) is 17.8 Å². The lowest BCUT2D eigenvalue weighted by atomic mass is 9.96. The maximum atomic E-state index is 14.9. The number of nitrogens with two attached hydrogens (primary N) is 3. The van der Waals surface area contributed by atoms with Crippen molar-refractivity contribution >= 4 is 135 Å². The van der Waals surface area contributed by atoms with Crippen molar-refractivity contribution < 1.29 is 126 Å². The molecule has 0 aliphatic carbocycles. The van der Waals surface area contributed by atoms with Gasteiger partial charge in [0.25, 0.3) is 5.91 Å². The van der Waals surface area contributed by atoms with Crippen molar-refractivity contribution in [2.75, 3.05) is 32.0 Å². The Morgan fingerprint density at radius 1 is 0.533 bits per heavy atom. The standard InChI is InChI=1S/C77H91N17O26/c1-37(26-60(100)101)64-76(118)92-54(28-56(96)45-15-7-9-16-46(45)79)77(119)120-39(3)65(75(117)83-35-58(98)85-48(18-11-25-78)69(111)90-52(31-62(104)105)70(112)84-38(2)66(108)87-51(30-61(102)103)68(110)82-34-59(99)86-55(36-95)74(116)93-64)94-73(115)53(32-63(106)107)91-72(114)50(29-57(80)97)89-71(113)49(27-43-33-81-47-17-10-8-14-44(43)47)88-67(109)42-23-21-41(22-24-42)20-19-40-12-5-4-6-13-40/h4-10,12-17,21-24,33,37-39,48-55,64-65,81,95H,11,18,25-32,34-36,78-79H2,1-3H3,(H2,80,97)(H,82,110)(H,83,117)(H,84,112)(H,85,98)(H,86,99)(H,87,108)(H,88,109)(H,89,113)(H,90,111)(H,91,114)(H,92,118)(H,93,116)(H,94,115)(H,100,101)(H,102,103)(H,104,105)(H,106,107)/t37-,38+,39+,48-,49-,50-,51-,52-,53-,54-,55+,64-,65-/m0/s1. The average molecular weight is 1670 g/mol. The zero-order valence-electron chi connectivity index (χ0n) is 64.6. The number of carboxylic acid groups (broad SMARTS) is 4. The Kier molecular flexibility index (Phi) is 35.7. The third-order valence-electron chi connectivity index (χ3n) is 18.1. The van der Waals surface area contributed by atoms with Gasteiger partial charge in [0.2, 0.25) is 76.8 Å². The van der Waals surface area contributed by atoms with Crippen LogP contribution in [0.3, 0.4) is 0 Å². The van der Waals surface area contributed by atoms with Gasteiger partial charge in [0.1, 0.15) is 72.6 Å². The lowest BCUT2D eigenvalue weighted by Gasteiger charge is -2.30. The predicted octanol–water partition coefficient (Wildman–Crippen LogP) is -6.05. The molecule has 13 atom stereocenters. The summed E-state index contributed by atoms with van der Waals surface area (Å²) in [7, 11) is 0. The van der Waals surface area contributed by atoms with E-state index in [0.717, 1.165) is 20.8 Å². The highest BCUT2D eigenvalue weighted by Crippen LogP contribution is 2.22. The van der Waals surface area contributed by atoms with E-state index in [1.807, 2.05) is 22.0 Å². The minimum absolute atomic E-state index is 0.0284. The number of esters is 1. The van der Waals surface area contributed by atoms with E-state index < -0.39 is 261 Å². The number of aliphatic hydroxyl groups is 1. The van der Waals surface area contributed by atoms with E-state index in [4.69, 9.17) is 21.9 Å². The Morgan fingerprint density at radius 3 is 1.67 bits per heavy atom. The number of para-hydroxylation sites is 2. The third kappa shape index (κ3) is 29.5. The van der Waals surface area contributed by atoms with Crippen LogP contribution in [-0.2, 0) is 97.5 Å². The van der Waals surface area contributed by atoms with Crippen LogP contribution in [-0.4, -0.2) is 248 Å². The summed E-state index contributed by atoms with van der Waals surface area (Å²) in [4.78, 5) is 278. The maximum Gasteiger partial charge on any atom is 0.329 e. The molecule has 6 rings (SSSR count). The van der Waals surface area contributed by atoms with Crippen molar-refractivity contribution in [3.8, 4) is 11.8 Å². The highest BCUT2D eigenvalue weighted by Gasteiger charge is 2.41. The van der Waals surface area contributed by atoms with Crippen molar-refractivity contribution in [2.24, 2.45) is 17.4 Å². The van der Waals surface area contributed by atoms with Crippen molar-refractivity contribution in [3.63, 3.8) is 0 Å². The fourth-order valence-corrected chi connectivity index (χ4v) is 11.8. The number of hydrogen-bond donors (Lipinski definition) is 22. The quantitative estimate of drug-likeness (QED) is 0.00959. The Bertz CT molecular complexity index is 4760. The molecule has 1 aromatic heterocycles. The molecule has 1 saturated heterocycles. The maximum absolute atomic E-state index is 14.9. The number of anilines is 1. The number of nitrogen functional groups attached to an aromatic ring is 1. The molecule has 25 N–H and O–H groups in total. The zero-order chi connectivity index (χ0) is 88.6. The Balaban J connectivity index is 1.40. The number of Topliss-reactive ketones (excluding diaryl/α,β-unsaturated/α-hetero) is 1. The summed E-state index contributed by atoms with van der Waals surface area (Å²) in [6.07, 6.45) is -8.58. The molecule has 1 aliphatic heterocycles. The van der Waals surface area contributed by atoms with Crippen LogP contribution in [0.5, 0.6) is 0 Å². The van der Waals surface area contributed by atoms with Gasteiger partial charge in [0.05, 0.1) is 51.8 Å². The van der Waals surface area contributed by atoms with Crippen molar-refractivity contribution in [1.82, 2.24) is 74.1 Å². The van der Waals surface area contributed by atoms with Gasteiger partial charge < -0.3 is 122 Å². The van der Waals surface area contributed by atoms with Crippen molar-refractivity contribution in [1.29, 1.82) is 0 Å². The van der Waals surface area contributed by atoms with Gasteiger partial charge >= 0.3 is 29.8 Å². The van der Waals surface area contributed by atoms with E-state index >= 15 is 0 Å². The van der Waals surface area contributed by atoms with Crippen LogP contribution < -0.4 is 86.3 Å². The summed E-state index contributed by atoms with van der Waals surface area (Å²) in [5.41, 5.74) is 19.2. The smallest absolute Gasteiger partial charge is 0.329 e. The number of ether oxygens (including phenoxy) is 1. The molecule has 43 heteroatoms. The largest absolute Gasteiger partial charge is 0.481 e. The van der Waals surface area contributed by atoms with Gasteiger partial charge in [-0.05, 0) is 99.3 Å². The number of carbonyl (C=O) groups excluding carboxylic acids is 16. The first-order valence-corrected chi connectivity index (χ1v) is 37.0. The van der Waals surface area contributed by atoms with Gasteiger partial charge in [-0.1, -0.05) is 67.3 Å². The number of carbonyl (C=O) groups is 20. The van der Waals surface area contributed by atoms with Crippen LogP contribution in [0.15, 0.2) is 109 Å². The molecular formula is C77H91N17O26. The average Bonchev–Trinajstić information content (AvgIpc) is 1.16. The minimum Gasteiger partial charge on any atom is -0.481 e. The Morgan fingerprint density at radius 2 is 1.07 bits per heavy atom. The second-order valence-electron chi connectivity index (χ2n) is 27.5. The number of aliphatic hydroxyl groups excluding tert-OH is 1. The molecule has 640 valence electrons. The summed E-state index contributed by atoms with van der Waals surface area (Å²) in [6.45, 7) is -1.02. The number of amides is 14. The number of H-pyrrole nitrogens is 1. The SMILES string of the molecule is C[C@H]1NC(=O)[C@H](CC(=O)O)NC(=O)[C@H](CCCN)NC(=O)CNC(=O)[C@@H](NC(=O)[C@H](CC(=O)O)NC(=O)[C@H](CC(N)=O)NC(=O)[C@H](Cc2c[nH]c3ccccc23)NC(=O)c2ccc(C#Cc3ccccc3)cc2)[C@@H](C)OC(=O)[C@H](CC(=O)c2ccccc2N)NC(=O)[C@H]([C@@H](C)CC(=O)O)NC(=O)[C@@H](CO)NC(=O)CNC(=O)[C@H](CC(=O)O)NC1=O. The number of cyclic esters (lactones) is 1. The summed E-state index contributed by atoms with van der Waals surface area (Å²) < 4.78 is 5.69. The summed E-state index contributed by atoms with van der Waals surface area (Å²) in [6, 6.07) is 3.89. The molecule has 2 heterocycles. The molecule has 0 saturated carbocycles. The number of aromatic nitrogens is 1. The Labute approximate surface area is 682 Å². The first kappa shape index (κ1) is 94.2. The van der Waals surface area contributed by atoms with Gasteiger partial charge in [-0.25, -0.2) is 4.79 Å². The fraction of sp³-hybridized carbons (Fsp3) is 0.377. The molecule has 120 heavy (non-hydrogen) atoms. The van der Waals surface area contributed by atoms with Gasteiger partial charge in [-0.2, -0.15) is 0 Å². The summed E-state index contributed by atoms with van der Waals surface area (Å²) >= 11 is 0. The third-order valence-corrected chi connectivity index (χ3v) is 18.1. The lowest BCUT2D eigenvalue weighted by molar-refractivity contribution is -0.156. The van der Waals surface area contributed by atoms with Crippen LogP contribution in [0.4, 0.5) is 5.69 Å². The topological polar surface area (TPSA) is 702 Å². The van der Waals surface area contributed by atoms with Crippen molar-refractivity contribution in [2.45, 2.75) is 151 Å². The molecule has 1 aliphatic rings. The van der Waals surface area contributed by atoms with Crippen LogP contribution in [0.2, 0.25) is 0 Å². The van der Waals surface area contributed by atoms with E-state index in [0.29, 0.717) is 27.6 Å². The number of rotatable bonds is 28. The van der Waals surface area contributed by atoms with Crippen LogP contribution in [0.1, 0.15) is 110 Å². The molecular weight excluding hydrogens is 1580 g/mol. The first-order chi connectivity index (χ1) is 56.8. The predicted molar refractivity (Wildman–Crippen MR) is 416 cm³/mol. The van der Waals surface area contributed by atoms with E-state index in [1.165, 1.54) is 36.4 Å². The van der Waals surface area contributed by atoms with E-state index in [1.54, 1.807) is 66.9 Å². The number of primary amides is 1. The number of nitrogens with one attached hydrogen (secondary N) is 14. The molecule has 43 nitrogen and oxygen atoms in total. The second kappa shape index (κ2) is 45.6. The summed E-state index contributed by atoms with van der Waals surface area (Å²) in [5, 5.41) is 78.6. The molecule has 5 aromatic rings. The zero-order valence-corrected chi connectivity index (χ0v) is 64.6.